The van der Waals surface area contributed by atoms with Crippen LogP contribution in [0.25, 0.3) is 0 Å². The van der Waals surface area contributed by atoms with Gasteiger partial charge >= 0.3 is 0 Å². The maximum atomic E-state index is 8.50. The lowest BCUT2D eigenvalue weighted by Crippen LogP contribution is -2.18. The predicted molar refractivity (Wildman–Crippen MR) is 67.6 cm³/mol. The van der Waals surface area contributed by atoms with Crippen molar-refractivity contribution in [3.8, 4) is 6.07 Å². The fraction of sp³-hybridized carbons (Fsp3) is 0.364. The summed E-state index contributed by atoms with van der Waals surface area (Å²) in [4.78, 5) is 1.99. The minimum atomic E-state index is 0.507. The van der Waals surface area contributed by atoms with E-state index in [2.05, 4.69) is 22.0 Å². The highest BCUT2D eigenvalue weighted by Crippen LogP contribution is 2.26. The van der Waals surface area contributed by atoms with E-state index in [1.54, 1.807) is 0 Å². The Bertz CT molecular complexity index is 373. The van der Waals surface area contributed by atoms with Crippen LogP contribution in [0.15, 0.2) is 18.2 Å². The van der Waals surface area contributed by atoms with Gasteiger partial charge in [-0.1, -0.05) is 33.6 Å². The van der Waals surface area contributed by atoms with E-state index in [4.69, 9.17) is 16.9 Å². The quantitative estimate of drug-likeness (QED) is 0.791. The highest BCUT2D eigenvalue weighted by atomic mass is 79.9. The Labute approximate surface area is 104 Å². The second kappa shape index (κ2) is 5.99. The van der Waals surface area contributed by atoms with Crippen LogP contribution in [0.2, 0.25) is 5.02 Å². The molecule has 2 nitrogen and oxygen atoms in total. The van der Waals surface area contributed by atoms with Gasteiger partial charge in [0.05, 0.1) is 23.2 Å². The van der Waals surface area contributed by atoms with Gasteiger partial charge in [-0.2, -0.15) is 5.26 Å². The third kappa shape index (κ3) is 3.40. The van der Waals surface area contributed by atoms with Crippen LogP contribution in [0.1, 0.15) is 12.0 Å². The number of rotatable bonds is 4. The van der Waals surface area contributed by atoms with Gasteiger partial charge in [-0.25, -0.2) is 0 Å². The van der Waals surface area contributed by atoms with Gasteiger partial charge in [0.15, 0.2) is 0 Å². The molecule has 0 saturated heterocycles. The van der Waals surface area contributed by atoms with E-state index in [9.17, 15) is 0 Å². The molecule has 4 heteroatoms. The van der Waals surface area contributed by atoms with E-state index >= 15 is 0 Å². The Morgan fingerprint density at radius 1 is 1.53 bits per heavy atom. The zero-order chi connectivity index (χ0) is 11.3. The molecule has 0 fully saturated rings. The fourth-order valence-corrected chi connectivity index (χ4v) is 1.98. The zero-order valence-corrected chi connectivity index (χ0v) is 10.8. The van der Waals surface area contributed by atoms with Gasteiger partial charge in [-0.15, -0.1) is 0 Å². The maximum Gasteiger partial charge on any atom is 0.0642 e. The summed E-state index contributed by atoms with van der Waals surface area (Å²) in [6.45, 7) is 0.698. The Hall–Kier alpha value is -0.720. The van der Waals surface area contributed by atoms with Crippen LogP contribution >= 0.6 is 27.5 Å². The summed E-state index contributed by atoms with van der Waals surface area (Å²) in [5, 5.41) is 10.0. The molecule has 15 heavy (non-hydrogen) atoms. The average Bonchev–Trinajstić information content (AvgIpc) is 2.25. The van der Waals surface area contributed by atoms with Gasteiger partial charge in [-0.05, 0) is 17.7 Å². The van der Waals surface area contributed by atoms with E-state index < -0.39 is 0 Å². The van der Waals surface area contributed by atoms with Crippen molar-refractivity contribution >= 4 is 33.2 Å². The van der Waals surface area contributed by atoms with Crippen LogP contribution in [-0.4, -0.2) is 13.6 Å². The summed E-state index contributed by atoms with van der Waals surface area (Å²) < 4.78 is 0. The van der Waals surface area contributed by atoms with Crippen molar-refractivity contribution in [2.24, 2.45) is 0 Å². The average molecular weight is 288 g/mol. The smallest absolute Gasteiger partial charge is 0.0642 e. The van der Waals surface area contributed by atoms with Crippen molar-refractivity contribution in [1.29, 1.82) is 5.26 Å². The molecule has 1 aromatic carbocycles. The van der Waals surface area contributed by atoms with Crippen LogP contribution in [0.3, 0.4) is 0 Å². The van der Waals surface area contributed by atoms with Crippen molar-refractivity contribution in [3.63, 3.8) is 0 Å². The van der Waals surface area contributed by atoms with E-state index in [-0.39, 0.29) is 0 Å². The van der Waals surface area contributed by atoms with Crippen molar-refractivity contribution in [2.45, 2.75) is 11.8 Å². The number of benzene rings is 1. The monoisotopic (exact) mass is 286 g/mol. The van der Waals surface area contributed by atoms with Crippen LogP contribution in [0.4, 0.5) is 5.69 Å². The summed E-state index contributed by atoms with van der Waals surface area (Å²) >= 11 is 9.52. The van der Waals surface area contributed by atoms with Crippen molar-refractivity contribution in [1.82, 2.24) is 0 Å². The molecule has 0 atom stereocenters. The number of nitrogens with zero attached hydrogens (tertiary/aromatic N) is 2. The molecule has 0 spiro atoms. The Balaban J connectivity index is 2.81. The van der Waals surface area contributed by atoms with Gasteiger partial charge < -0.3 is 4.90 Å². The van der Waals surface area contributed by atoms with E-state index in [1.807, 2.05) is 30.1 Å². The molecule has 0 aliphatic heterocycles. The van der Waals surface area contributed by atoms with Crippen molar-refractivity contribution < 1.29 is 0 Å². The molecule has 1 aromatic rings. The Morgan fingerprint density at radius 3 is 2.80 bits per heavy atom. The van der Waals surface area contributed by atoms with E-state index in [0.29, 0.717) is 13.0 Å². The molecule has 0 aliphatic carbocycles. The Kier molecular flexibility index (Phi) is 4.93. The highest BCUT2D eigenvalue weighted by Gasteiger charge is 2.06. The van der Waals surface area contributed by atoms with Crippen LogP contribution in [-0.2, 0) is 5.33 Å². The molecule has 0 saturated carbocycles. The summed E-state index contributed by atoms with van der Waals surface area (Å²) in [7, 11) is 1.94. The first-order valence-corrected chi connectivity index (χ1v) is 6.11. The molecular formula is C11H12BrClN2. The minimum Gasteiger partial charge on any atom is -0.372 e. The minimum absolute atomic E-state index is 0.507. The number of alkyl halides is 1. The summed E-state index contributed by atoms with van der Waals surface area (Å²) in [6.07, 6.45) is 0.507. The SMILES string of the molecule is CN(CCC#N)c1ccc(CBr)cc1Cl. The second-order valence-corrected chi connectivity index (χ2v) is 4.22. The normalized spacial score (nSPS) is 9.73. The third-order valence-corrected chi connectivity index (χ3v) is 3.09. The molecule has 1 rings (SSSR count). The van der Waals surface area contributed by atoms with Crippen LogP contribution in [0.5, 0.6) is 0 Å². The number of halogens is 2. The van der Waals surface area contributed by atoms with Crippen LogP contribution < -0.4 is 4.90 Å². The molecule has 0 amide bonds. The third-order valence-electron chi connectivity index (χ3n) is 2.14. The lowest BCUT2D eigenvalue weighted by atomic mass is 10.2. The van der Waals surface area contributed by atoms with E-state index in [0.717, 1.165) is 21.6 Å². The molecule has 0 bridgehead atoms. The molecule has 0 aromatic heterocycles. The molecule has 0 heterocycles. The first kappa shape index (κ1) is 12.4. The zero-order valence-electron chi connectivity index (χ0n) is 8.50. The van der Waals surface area contributed by atoms with Crippen molar-refractivity contribution in [2.75, 3.05) is 18.5 Å². The molecule has 80 valence electrons. The molecular weight excluding hydrogens is 275 g/mol. The van der Waals surface area contributed by atoms with Gasteiger partial charge in [0.1, 0.15) is 0 Å². The largest absolute Gasteiger partial charge is 0.372 e. The first-order valence-electron chi connectivity index (χ1n) is 4.61. The van der Waals surface area contributed by atoms with E-state index in [1.165, 1.54) is 0 Å². The standard InChI is InChI=1S/C11H12BrClN2/c1-15(6-2-5-14)11-4-3-9(8-12)7-10(11)13/h3-4,7H,2,6,8H2,1H3. The van der Waals surface area contributed by atoms with Crippen LogP contribution in [0, 0.1) is 11.3 Å². The molecule has 0 radical (unpaired) electrons. The number of hydrogen-bond donors (Lipinski definition) is 0. The topological polar surface area (TPSA) is 27.0 Å². The summed E-state index contributed by atoms with van der Waals surface area (Å²) in [5.41, 5.74) is 2.12. The number of hydrogen-bond acceptors (Lipinski definition) is 2. The highest BCUT2D eigenvalue weighted by molar-refractivity contribution is 9.08. The van der Waals surface area contributed by atoms with Gasteiger partial charge in [0, 0.05) is 18.9 Å². The summed E-state index contributed by atoms with van der Waals surface area (Å²) in [5.74, 6) is 0. The molecule has 0 N–H and O–H groups in total. The summed E-state index contributed by atoms with van der Waals surface area (Å²) in [6, 6.07) is 8.07. The maximum absolute atomic E-state index is 8.50. The van der Waals surface area contributed by atoms with Gasteiger partial charge in [-0.3, -0.25) is 0 Å². The second-order valence-electron chi connectivity index (χ2n) is 3.25. The predicted octanol–water partition coefficient (Wildman–Crippen LogP) is 3.58. The van der Waals surface area contributed by atoms with Crippen molar-refractivity contribution in [3.05, 3.63) is 28.8 Å². The molecule has 0 unspecified atom stereocenters. The number of anilines is 1. The Morgan fingerprint density at radius 2 is 2.27 bits per heavy atom. The number of nitriles is 1. The lowest BCUT2D eigenvalue weighted by Gasteiger charge is -2.19. The lowest BCUT2D eigenvalue weighted by molar-refractivity contribution is 0.905. The fourth-order valence-electron chi connectivity index (χ4n) is 1.28. The van der Waals surface area contributed by atoms with Gasteiger partial charge in [0.2, 0.25) is 0 Å². The molecule has 0 aliphatic rings. The first-order chi connectivity index (χ1) is 7.19. The van der Waals surface area contributed by atoms with Gasteiger partial charge in [0.25, 0.3) is 0 Å².